The van der Waals surface area contributed by atoms with Crippen LogP contribution >= 0.6 is 0 Å². The molecule has 0 bridgehead atoms. The third-order valence-corrected chi connectivity index (χ3v) is 5.92. The normalized spacial score (nSPS) is 13.8. The molecule has 3 aromatic carbocycles. The van der Waals surface area contributed by atoms with E-state index in [1.807, 2.05) is 0 Å². The van der Waals surface area contributed by atoms with Crippen LogP contribution < -0.4 is 9.46 Å². The van der Waals surface area contributed by atoms with Crippen molar-refractivity contribution >= 4 is 16.0 Å². The Morgan fingerprint density at radius 1 is 0.875 bits per heavy atom. The van der Waals surface area contributed by atoms with Gasteiger partial charge >= 0.3 is 12.1 Å². The van der Waals surface area contributed by atoms with Crippen LogP contribution in [0.2, 0.25) is 0 Å². The van der Waals surface area contributed by atoms with Crippen LogP contribution in [0.1, 0.15) is 17.5 Å². The number of carboxylic acid groups (broad SMARTS) is 1. The molecule has 32 heavy (non-hydrogen) atoms. The Labute approximate surface area is 182 Å². The van der Waals surface area contributed by atoms with Crippen LogP contribution in [0.5, 0.6) is 5.75 Å². The first-order chi connectivity index (χ1) is 15.0. The standard InChI is InChI=1S/C22H18F3NO5S/c23-22(24,25)17-10-7-13-19(14-17)32(29,30)26-21(15-20(27)28,16-8-3-1-4-9-16)31-18-11-5-2-6-12-18/h1-14,26H,15H2,(H,27,28). The summed E-state index contributed by atoms with van der Waals surface area (Å²) in [6.45, 7) is 0. The van der Waals surface area contributed by atoms with Gasteiger partial charge in [0.25, 0.3) is 0 Å². The Bertz CT molecular complexity index is 1180. The highest BCUT2D eigenvalue weighted by atomic mass is 32.2. The fraction of sp³-hybridized carbons (Fsp3) is 0.136. The molecule has 0 saturated heterocycles. The fourth-order valence-corrected chi connectivity index (χ4v) is 4.36. The quantitative estimate of drug-likeness (QED) is 0.482. The van der Waals surface area contributed by atoms with Crippen LogP contribution in [0.4, 0.5) is 13.2 Å². The van der Waals surface area contributed by atoms with Crippen molar-refractivity contribution in [3.05, 3.63) is 96.1 Å². The van der Waals surface area contributed by atoms with Crippen molar-refractivity contribution in [2.45, 2.75) is 23.2 Å². The van der Waals surface area contributed by atoms with E-state index in [2.05, 4.69) is 4.72 Å². The molecule has 2 N–H and O–H groups in total. The highest BCUT2D eigenvalue weighted by Crippen LogP contribution is 2.33. The van der Waals surface area contributed by atoms with Crippen molar-refractivity contribution in [2.75, 3.05) is 0 Å². The summed E-state index contributed by atoms with van der Waals surface area (Å²) < 4.78 is 73.6. The zero-order valence-electron chi connectivity index (χ0n) is 16.4. The lowest BCUT2D eigenvalue weighted by atomic mass is 10.00. The minimum Gasteiger partial charge on any atom is -0.481 e. The predicted octanol–water partition coefficient (Wildman–Crippen LogP) is 4.39. The van der Waals surface area contributed by atoms with Gasteiger partial charge in [0.15, 0.2) is 0 Å². The van der Waals surface area contributed by atoms with E-state index >= 15 is 0 Å². The van der Waals surface area contributed by atoms with Gasteiger partial charge in [-0.15, -0.1) is 0 Å². The molecule has 168 valence electrons. The van der Waals surface area contributed by atoms with Gasteiger partial charge in [0.1, 0.15) is 12.2 Å². The van der Waals surface area contributed by atoms with E-state index in [1.165, 1.54) is 24.3 Å². The summed E-state index contributed by atoms with van der Waals surface area (Å²) >= 11 is 0. The average molecular weight is 465 g/mol. The second-order valence-electron chi connectivity index (χ2n) is 6.81. The van der Waals surface area contributed by atoms with Crippen LogP contribution in [-0.4, -0.2) is 19.5 Å². The zero-order chi connectivity index (χ0) is 23.4. The number of hydrogen-bond acceptors (Lipinski definition) is 4. The summed E-state index contributed by atoms with van der Waals surface area (Å²) in [5.41, 5.74) is -3.14. The average Bonchev–Trinajstić information content (AvgIpc) is 2.74. The first-order valence-corrected chi connectivity index (χ1v) is 10.7. The van der Waals surface area contributed by atoms with E-state index in [1.54, 1.807) is 36.4 Å². The number of carboxylic acids is 1. The van der Waals surface area contributed by atoms with Gasteiger partial charge in [-0.1, -0.05) is 54.6 Å². The monoisotopic (exact) mass is 465 g/mol. The lowest BCUT2D eigenvalue weighted by Gasteiger charge is -2.34. The third-order valence-electron chi connectivity index (χ3n) is 4.45. The highest BCUT2D eigenvalue weighted by Gasteiger charge is 2.42. The van der Waals surface area contributed by atoms with E-state index < -0.39 is 44.8 Å². The van der Waals surface area contributed by atoms with E-state index in [4.69, 9.17) is 4.74 Å². The van der Waals surface area contributed by atoms with E-state index in [9.17, 15) is 31.5 Å². The van der Waals surface area contributed by atoms with Crippen molar-refractivity contribution < 1.29 is 36.2 Å². The van der Waals surface area contributed by atoms with Crippen LogP contribution in [0.15, 0.2) is 89.8 Å². The molecule has 1 atom stereocenters. The molecular weight excluding hydrogens is 447 g/mol. The number of ether oxygens (including phenoxy) is 1. The molecule has 0 radical (unpaired) electrons. The molecule has 0 fully saturated rings. The Morgan fingerprint density at radius 3 is 2.00 bits per heavy atom. The molecule has 0 aromatic heterocycles. The summed E-state index contributed by atoms with van der Waals surface area (Å²) in [6, 6.07) is 18.7. The summed E-state index contributed by atoms with van der Waals surface area (Å²) in [7, 11) is -4.65. The van der Waals surface area contributed by atoms with Gasteiger partial charge in [0.05, 0.1) is 10.5 Å². The fourth-order valence-electron chi connectivity index (χ4n) is 3.04. The smallest absolute Gasteiger partial charge is 0.416 e. The summed E-state index contributed by atoms with van der Waals surface area (Å²) in [6.07, 6.45) is -5.60. The number of halogens is 3. The molecular formula is C22H18F3NO5S. The van der Waals surface area contributed by atoms with Crippen molar-refractivity contribution in [1.29, 1.82) is 0 Å². The van der Waals surface area contributed by atoms with Gasteiger partial charge in [-0.05, 0) is 30.3 Å². The number of benzene rings is 3. The van der Waals surface area contributed by atoms with Crippen LogP contribution in [0.3, 0.4) is 0 Å². The second-order valence-corrected chi connectivity index (χ2v) is 8.49. The Kier molecular flexibility index (Phi) is 6.56. The highest BCUT2D eigenvalue weighted by molar-refractivity contribution is 7.89. The van der Waals surface area contributed by atoms with E-state index in [-0.39, 0.29) is 11.3 Å². The topological polar surface area (TPSA) is 92.7 Å². The van der Waals surface area contributed by atoms with Crippen molar-refractivity contribution in [3.8, 4) is 5.75 Å². The lowest BCUT2D eigenvalue weighted by molar-refractivity contribution is -0.142. The number of hydrogen-bond donors (Lipinski definition) is 2. The maximum absolute atomic E-state index is 13.1. The van der Waals surface area contributed by atoms with Crippen molar-refractivity contribution in [1.82, 2.24) is 4.72 Å². The van der Waals surface area contributed by atoms with Gasteiger partial charge in [-0.3, -0.25) is 4.79 Å². The van der Waals surface area contributed by atoms with Crippen LogP contribution in [0.25, 0.3) is 0 Å². The molecule has 3 aromatic rings. The van der Waals surface area contributed by atoms with E-state index in [0.717, 1.165) is 18.2 Å². The van der Waals surface area contributed by atoms with Crippen molar-refractivity contribution in [2.24, 2.45) is 0 Å². The first-order valence-electron chi connectivity index (χ1n) is 9.24. The van der Waals surface area contributed by atoms with E-state index in [0.29, 0.717) is 6.07 Å². The van der Waals surface area contributed by atoms with Gasteiger partial charge in [0, 0.05) is 5.56 Å². The number of sulfonamides is 1. The maximum Gasteiger partial charge on any atom is 0.416 e. The second kappa shape index (κ2) is 9.01. The number of nitrogens with one attached hydrogen (secondary N) is 1. The number of para-hydroxylation sites is 1. The zero-order valence-corrected chi connectivity index (χ0v) is 17.2. The van der Waals surface area contributed by atoms with Gasteiger partial charge in [-0.25, -0.2) is 8.42 Å². The number of carbonyl (C=O) groups is 1. The van der Waals surface area contributed by atoms with Gasteiger partial charge in [-0.2, -0.15) is 17.9 Å². The van der Waals surface area contributed by atoms with Crippen LogP contribution in [0, 0.1) is 0 Å². The Morgan fingerprint density at radius 2 is 1.44 bits per heavy atom. The molecule has 0 aliphatic heterocycles. The SMILES string of the molecule is O=C(O)CC(NS(=O)(=O)c1cccc(C(F)(F)F)c1)(Oc1ccccc1)c1ccccc1. The lowest BCUT2D eigenvalue weighted by Crippen LogP contribution is -2.51. The number of rotatable bonds is 8. The minimum atomic E-state index is -4.76. The largest absolute Gasteiger partial charge is 0.481 e. The molecule has 0 amide bonds. The minimum absolute atomic E-state index is 0.154. The Balaban J connectivity index is 2.13. The molecule has 6 nitrogen and oxygen atoms in total. The van der Waals surface area contributed by atoms with Gasteiger partial charge in [0.2, 0.25) is 15.7 Å². The number of aliphatic carboxylic acids is 1. The Hall–Kier alpha value is -3.37. The maximum atomic E-state index is 13.1. The third kappa shape index (κ3) is 5.45. The molecule has 1 unspecified atom stereocenters. The molecule has 0 spiro atoms. The van der Waals surface area contributed by atoms with Gasteiger partial charge < -0.3 is 9.84 Å². The summed E-state index contributed by atoms with van der Waals surface area (Å²) in [4.78, 5) is 11.0. The molecule has 0 heterocycles. The summed E-state index contributed by atoms with van der Waals surface area (Å²) in [5.74, 6) is -1.24. The van der Waals surface area contributed by atoms with Crippen LogP contribution in [-0.2, 0) is 26.7 Å². The first kappa shape index (κ1) is 23.3. The predicted molar refractivity (Wildman–Crippen MR) is 109 cm³/mol. The molecule has 10 heteroatoms. The molecule has 0 aliphatic rings. The van der Waals surface area contributed by atoms with Crippen molar-refractivity contribution in [3.63, 3.8) is 0 Å². The molecule has 0 saturated carbocycles. The number of alkyl halides is 3. The summed E-state index contributed by atoms with van der Waals surface area (Å²) in [5, 5.41) is 9.54. The molecule has 0 aliphatic carbocycles. The molecule has 3 rings (SSSR count).